The summed E-state index contributed by atoms with van der Waals surface area (Å²) in [5, 5.41) is 0. The first-order valence-corrected chi connectivity index (χ1v) is 8.04. The molecule has 1 aromatic rings. The van der Waals surface area contributed by atoms with Gasteiger partial charge in [0.1, 0.15) is 6.10 Å². The molecular formula is C19H26O3. The summed E-state index contributed by atoms with van der Waals surface area (Å²) < 4.78 is 11.5. The van der Waals surface area contributed by atoms with Crippen molar-refractivity contribution in [3.8, 4) is 0 Å². The molecule has 2 rings (SSSR count). The van der Waals surface area contributed by atoms with E-state index < -0.39 is 0 Å². The number of carbonyl (C=O) groups excluding carboxylic acids is 1. The number of hydrogen-bond acceptors (Lipinski definition) is 3. The summed E-state index contributed by atoms with van der Waals surface area (Å²) >= 11 is 0. The summed E-state index contributed by atoms with van der Waals surface area (Å²) in [5.74, 6) is 0.295. The Kier molecular flexibility index (Phi) is 6.20. The molecule has 22 heavy (non-hydrogen) atoms. The van der Waals surface area contributed by atoms with Crippen molar-refractivity contribution in [3.63, 3.8) is 0 Å². The number of ether oxygens (including phenoxy) is 2. The lowest BCUT2D eigenvalue weighted by atomic mass is 9.90. The smallest absolute Gasteiger partial charge is 0.306 e. The third-order valence-corrected chi connectivity index (χ3v) is 4.11. The van der Waals surface area contributed by atoms with E-state index >= 15 is 0 Å². The lowest BCUT2D eigenvalue weighted by molar-refractivity contribution is -0.155. The van der Waals surface area contributed by atoms with Crippen LogP contribution in [0, 0.1) is 11.8 Å². The third kappa shape index (κ3) is 4.99. The van der Waals surface area contributed by atoms with Gasteiger partial charge in [0.2, 0.25) is 0 Å². The van der Waals surface area contributed by atoms with E-state index in [-0.39, 0.29) is 23.9 Å². The van der Waals surface area contributed by atoms with E-state index in [1.54, 1.807) is 0 Å². The van der Waals surface area contributed by atoms with Crippen molar-refractivity contribution >= 4 is 5.97 Å². The van der Waals surface area contributed by atoms with Crippen LogP contribution in [-0.4, -0.2) is 18.7 Å². The Morgan fingerprint density at radius 3 is 2.73 bits per heavy atom. The third-order valence-electron chi connectivity index (χ3n) is 4.11. The van der Waals surface area contributed by atoms with E-state index in [1.165, 1.54) is 5.57 Å². The first-order chi connectivity index (χ1) is 10.6. The Bertz CT molecular complexity index is 507. The maximum Gasteiger partial charge on any atom is 0.306 e. The van der Waals surface area contributed by atoms with Crippen molar-refractivity contribution in [2.75, 3.05) is 6.61 Å². The Morgan fingerprint density at radius 2 is 2.00 bits per heavy atom. The van der Waals surface area contributed by atoms with Crippen LogP contribution in [0.4, 0.5) is 0 Å². The molecule has 0 aliphatic carbocycles. The van der Waals surface area contributed by atoms with Gasteiger partial charge in [0.05, 0.1) is 13.2 Å². The van der Waals surface area contributed by atoms with Crippen LogP contribution in [0.5, 0.6) is 0 Å². The van der Waals surface area contributed by atoms with Crippen molar-refractivity contribution in [1.82, 2.24) is 0 Å². The van der Waals surface area contributed by atoms with Crippen LogP contribution in [0.25, 0.3) is 0 Å². The molecule has 3 heteroatoms. The van der Waals surface area contributed by atoms with Gasteiger partial charge in [-0.2, -0.15) is 0 Å². The van der Waals surface area contributed by atoms with Crippen molar-refractivity contribution in [3.05, 3.63) is 47.5 Å². The fourth-order valence-electron chi connectivity index (χ4n) is 2.91. The predicted octanol–water partition coefficient (Wildman–Crippen LogP) is 4.13. The van der Waals surface area contributed by atoms with E-state index in [0.29, 0.717) is 19.6 Å². The number of cyclic esters (lactones) is 1. The molecule has 1 aliphatic heterocycles. The van der Waals surface area contributed by atoms with Crippen molar-refractivity contribution in [2.45, 2.75) is 46.3 Å². The van der Waals surface area contributed by atoms with Crippen molar-refractivity contribution < 1.29 is 14.3 Å². The van der Waals surface area contributed by atoms with E-state index in [4.69, 9.17) is 9.47 Å². The van der Waals surface area contributed by atoms with Gasteiger partial charge in [0, 0.05) is 18.3 Å². The average Bonchev–Trinajstić information content (AvgIpc) is 2.50. The fourth-order valence-corrected chi connectivity index (χ4v) is 2.91. The van der Waals surface area contributed by atoms with E-state index in [0.717, 1.165) is 12.0 Å². The zero-order chi connectivity index (χ0) is 15.9. The van der Waals surface area contributed by atoms with Gasteiger partial charge in [-0.3, -0.25) is 4.79 Å². The van der Waals surface area contributed by atoms with Crippen LogP contribution in [0.15, 0.2) is 42.0 Å². The Hall–Kier alpha value is -1.61. The Balaban J connectivity index is 1.90. The number of allylic oxidation sites excluding steroid dienone is 1. The molecule has 0 saturated carbocycles. The van der Waals surface area contributed by atoms with E-state index in [1.807, 2.05) is 18.2 Å². The molecule has 0 fully saturated rings. The quantitative estimate of drug-likeness (QED) is 0.606. The molecule has 0 aromatic heterocycles. The fraction of sp³-hybridized carbons (Fsp3) is 0.526. The number of hydrogen-bond donors (Lipinski definition) is 0. The average molecular weight is 302 g/mol. The highest BCUT2D eigenvalue weighted by Gasteiger charge is 2.28. The molecule has 0 saturated heterocycles. The molecule has 0 N–H and O–H groups in total. The van der Waals surface area contributed by atoms with Gasteiger partial charge < -0.3 is 9.47 Å². The van der Waals surface area contributed by atoms with Crippen LogP contribution in [0.3, 0.4) is 0 Å². The van der Waals surface area contributed by atoms with Gasteiger partial charge in [-0.05, 0) is 18.9 Å². The summed E-state index contributed by atoms with van der Waals surface area (Å²) in [7, 11) is 0. The molecule has 1 aliphatic rings. The van der Waals surface area contributed by atoms with Gasteiger partial charge in [-0.1, -0.05) is 55.8 Å². The summed E-state index contributed by atoms with van der Waals surface area (Å²) in [6, 6.07) is 10.1. The van der Waals surface area contributed by atoms with Gasteiger partial charge >= 0.3 is 5.97 Å². The molecule has 120 valence electrons. The molecule has 1 heterocycles. The molecule has 1 aromatic carbocycles. The molecule has 0 bridgehead atoms. The minimum absolute atomic E-state index is 0.0980. The molecule has 3 nitrogen and oxygen atoms in total. The van der Waals surface area contributed by atoms with Gasteiger partial charge in [-0.15, -0.1) is 0 Å². The monoisotopic (exact) mass is 302 g/mol. The summed E-state index contributed by atoms with van der Waals surface area (Å²) in [4.78, 5) is 11.8. The normalized spacial score (nSPS) is 26.3. The second-order valence-electron chi connectivity index (χ2n) is 6.30. The number of benzene rings is 1. The minimum Gasteiger partial charge on any atom is -0.461 e. The summed E-state index contributed by atoms with van der Waals surface area (Å²) in [6.07, 6.45) is 3.39. The summed E-state index contributed by atoms with van der Waals surface area (Å²) in [5.41, 5.74) is 2.43. The maximum atomic E-state index is 11.8. The second kappa shape index (κ2) is 8.14. The van der Waals surface area contributed by atoms with Gasteiger partial charge in [0.15, 0.2) is 0 Å². The molecule has 0 radical (unpaired) electrons. The van der Waals surface area contributed by atoms with Gasteiger partial charge in [0.25, 0.3) is 0 Å². The highest BCUT2D eigenvalue weighted by atomic mass is 16.5. The van der Waals surface area contributed by atoms with Crippen LogP contribution in [0.1, 0.15) is 39.2 Å². The van der Waals surface area contributed by atoms with Crippen molar-refractivity contribution in [1.29, 1.82) is 0 Å². The maximum absolute atomic E-state index is 11.8. The molecule has 0 unspecified atom stereocenters. The van der Waals surface area contributed by atoms with Gasteiger partial charge in [-0.25, -0.2) is 0 Å². The lowest BCUT2D eigenvalue weighted by Gasteiger charge is -2.29. The lowest BCUT2D eigenvalue weighted by Crippen LogP contribution is -2.34. The minimum atomic E-state index is -0.112. The van der Waals surface area contributed by atoms with Crippen molar-refractivity contribution in [2.24, 2.45) is 11.8 Å². The van der Waals surface area contributed by atoms with Crippen LogP contribution < -0.4 is 0 Å². The van der Waals surface area contributed by atoms with Crippen LogP contribution >= 0.6 is 0 Å². The number of rotatable bonds is 5. The largest absolute Gasteiger partial charge is 0.461 e. The Labute approximate surface area is 133 Å². The predicted molar refractivity (Wildman–Crippen MR) is 87.3 cm³/mol. The van der Waals surface area contributed by atoms with E-state index in [9.17, 15) is 4.79 Å². The zero-order valence-corrected chi connectivity index (χ0v) is 13.7. The van der Waals surface area contributed by atoms with Crippen LogP contribution in [0.2, 0.25) is 0 Å². The zero-order valence-electron chi connectivity index (χ0n) is 13.7. The molecule has 0 spiro atoms. The molecular weight excluding hydrogens is 276 g/mol. The first kappa shape index (κ1) is 16.8. The second-order valence-corrected chi connectivity index (χ2v) is 6.30. The first-order valence-electron chi connectivity index (χ1n) is 8.04. The number of esters is 1. The number of carbonyl (C=O) groups is 1. The standard InChI is InChI=1S/C19H26O3/c1-14-9-10-18(20)22-19(15(2)11-14)16(3)12-21-13-17-7-5-4-6-8-17/h4-8,11,15-16,19H,9-10,12-13H2,1-3H3/b14-11-/t15-,16-,19-/m0/s1. The SMILES string of the molecule is C/C1=C/[C@H](C)[C@@H]([C@@H](C)COCc2ccccc2)OC(=O)CC1. The Morgan fingerprint density at radius 1 is 1.27 bits per heavy atom. The van der Waals surface area contributed by atoms with Crippen LogP contribution in [-0.2, 0) is 20.9 Å². The topological polar surface area (TPSA) is 35.5 Å². The highest BCUT2D eigenvalue weighted by Crippen LogP contribution is 2.24. The molecule has 0 amide bonds. The molecule has 3 atom stereocenters. The summed E-state index contributed by atoms with van der Waals surface area (Å²) in [6.45, 7) is 7.46. The highest BCUT2D eigenvalue weighted by molar-refractivity contribution is 5.70. The van der Waals surface area contributed by atoms with E-state index in [2.05, 4.69) is 39.0 Å².